The largest absolute Gasteiger partial charge is 0.294 e. The van der Waals surface area contributed by atoms with Crippen molar-refractivity contribution in [3.05, 3.63) is 0 Å². The summed E-state index contributed by atoms with van der Waals surface area (Å²) in [7, 11) is 0. The number of ketones is 1. The average molecular weight is 219 g/mol. The smallest absolute Gasteiger partial charge is 0.210 e. The van der Waals surface area contributed by atoms with Crippen molar-refractivity contribution >= 4 is 17.7 Å². The Morgan fingerprint density at radius 1 is 1.62 bits per heavy atom. The van der Waals surface area contributed by atoms with E-state index in [1.54, 1.807) is 0 Å². The van der Waals surface area contributed by atoms with Crippen molar-refractivity contribution in [1.29, 1.82) is 5.26 Å². The van der Waals surface area contributed by atoms with Crippen LogP contribution in [-0.4, -0.2) is 23.4 Å². The number of hydrogen-bond donors (Lipinski definition) is 0. The van der Waals surface area contributed by atoms with E-state index < -0.39 is 5.66 Å². The minimum absolute atomic E-state index is 0.00227. The molecule has 0 saturated heterocycles. The van der Waals surface area contributed by atoms with Crippen LogP contribution in [0.5, 0.6) is 0 Å². The van der Waals surface area contributed by atoms with Gasteiger partial charge in [-0.25, -0.2) is 4.99 Å². The first-order chi connectivity index (χ1) is 7.55. The van der Waals surface area contributed by atoms with E-state index in [1.807, 2.05) is 19.9 Å². The molecule has 0 N–H and O–H groups in total. The van der Waals surface area contributed by atoms with Gasteiger partial charge in [-0.05, 0) is 6.42 Å². The SMILES string of the molecule is CCCCC1(C(=O)C(C)C)N=CC(C#N)=N1. The van der Waals surface area contributed by atoms with E-state index in [2.05, 4.69) is 16.9 Å². The number of carbonyl (C=O) groups is 1. The number of Topliss-reactive ketones (excluding diaryl/α,β-unsaturated/α-hetero) is 1. The van der Waals surface area contributed by atoms with Crippen molar-refractivity contribution in [2.75, 3.05) is 0 Å². The minimum atomic E-state index is -1.00. The molecular weight excluding hydrogens is 202 g/mol. The van der Waals surface area contributed by atoms with Gasteiger partial charge in [0.05, 0.1) is 6.21 Å². The molecule has 1 heterocycles. The topological polar surface area (TPSA) is 65.6 Å². The van der Waals surface area contributed by atoms with Crippen molar-refractivity contribution in [3.63, 3.8) is 0 Å². The first-order valence-corrected chi connectivity index (χ1v) is 5.65. The van der Waals surface area contributed by atoms with Crippen LogP contribution in [0.25, 0.3) is 0 Å². The van der Waals surface area contributed by atoms with Gasteiger partial charge in [0.2, 0.25) is 5.66 Å². The van der Waals surface area contributed by atoms with Gasteiger partial charge in [0, 0.05) is 12.3 Å². The molecule has 1 unspecified atom stereocenters. The van der Waals surface area contributed by atoms with Gasteiger partial charge in [-0.3, -0.25) is 9.79 Å². The lowest BCUT2D eigenvalue weighted by atomic mass is 9.92. The molecule has 0 aliphatic carbocycles. The van der Waals surface area contributed by atoms with E-state index in [-0.39, 0.29) is 17.4 Å². The third-order valence-corrected chi connectivity index (χ3v) is 2.62. The number of aliphatic imine (C=N–C) groups is 2. The molecule has 0 radical (unpaired) electrons. The van der Waals surface area contributed by atoms with Gasteiger partial charge in [0.15, 0.2) is 11.5 Å². The minimum Gasteiger partial charge on any atom is -0.294 e. The summed E-state index contributed by atoms with van der Waals surface area (Å²) in [5, 5.41) is 8.76. The van der Waals surface area contributed by atoms with Crippen LogP contribution in [-0.2, 0) is 4.79 Å². The highest BCUT2D eigenvalue weighted by atomic mass is 16.1. The number of unbranched alkanes of at least 4 members (excludes halogenated alkanes) is 1. The third kappa shape index (κ3) is 2.35. The summed E-state index contributed by atoms with van der Waals surface area (Å²) in [4.78, 5) is 20.5. The second-order valence-electron chi connectivity index (χ2n) is 4.31. The Bertz CT molecular complexity index is 376. The van der Waals surface area contributed by atoms with E-state index in [1.165, 1.54) is 6.21 Å². The van der Waals surface area contributed by atoms with Crippen LogP contribution in [0.3, 0.4) is 0 Å². The molecule has 4 nitrogen and oxygen atoms in total. The summed E-state index contributed by atoms with van der Waals surface area (Å²) in [6.45, 7) is 5.73. The highest BCUT2D eigenvalue weighted by Crippen LogP contribution is 2.28. The second-order valence-corrected chi connectivity index (χ2v) is 4.31. The van der Waals surface area contributed by atoms with E-state index in [0.29, 0.717) is 6.42 Å². The van der Waals surface area contributed by atoms with Crippen LogP contribution in [0.4, 0.5) is 0 Å². The normalized spacial score (nSPS) is 23.3. The molecule has 16 heavy (non-hydrogen) atoms. The fraction of sp³-hybridized carbons (Fsp3) is 0.667. The van der Waals surface area contributed by atoms with Gasteiger partial charge in [-0.2, -0.15) is 5.26 Å². The van der Waals surface area contributed by atoms with Crippen LogP contribution < -0.4 is 0 Å². The van der Waals surface area contributed by atoms with E-state index >= 15 is 0 Å². The van der Waals surface area contributed by atoms with E-state index in [0.717, 1.165) is 12.8 Å². The molecule has 0 amide bonds. The second kappa shape index (κ2) is 5.02. The van der Waals surface area contributed by atoms with E-state index in [4.69, 9.17) is 5.26 Å². The van der Waals surface area contributed by atoms with Crippen molar-refractivity contribution in [2.45, 2.75) is 45.7 Å². The molecule has 4 heteroatoms. The lowest BCUT2D eigenvalue weighted by molar-refractivity contribution is -0.127. The molecule has 86 valence electrons. The first kappa shape index (κ1) is 12.6. The Kier molecular flexibility index (Phi) is 3.94. The molecular formula is C12H17N3O. The summed E-state index contributed by atoms with van der Waals surface area (Å²) >= 11 is 0. The number of rotatable bonds is 5. The maximum absolute atomic E-state index is 12.1. The Balaban J connectivity index is 2.98. The van der Waals surface area contributed by atoms with Gasteiger partial charge < -0.3 is 0 Å². The molecule has 0 fully saturated rings. The zero-order valence-corrected chi connectivity index (χ0v) is 10.0. The summed E-state index contributed by atoms with van der Waals surface area (Å²) in [6.07, 6.45) is 3.89. The molecule has 0 aromatic heterocycles. The molecule has 1 aliphatic heterocycles. The third-order valence-electron chi connectivity index (χ3n) is 2.62. The molecule has 0 aromatic rings. The fourth-order valence-electron chi connectivity index (χ4n) is 1.73. The Labute approximate surface area is 96.1 Å². The monoisotopic (exact) mass is 219 g/mol. The van der Waals surface area contributed by atoms with Crippen LogP contribution >= 0.6 is 0 Å². The highest BCUT2D eigenvalue weighted by molar-refractivity contribution is 6.40. The maximum Gasteiger partial charge on any atom is 0.210 e. The predicted molar refractivity (Wildman–Crippen MR) is 63.6 cm³/mol. The Morgan fingerprint density at radius 3 is 2.75 bits per heavy atom. The number of carbonyl (C=O) groups excluding carboxylic acids is 1. The van der Waals surface area contributed by atoms with Crippen molar-refractivity contribution in [2.24, 2.45) is 15.9 Å². The van der Waals surface area contributed by atoms with Crippen molar-refractivity contribution < 1.29 is 4.79 Å². The summed E-state index contributed by atoms with van der Waals surface area (Å²) in [6, 6.07) is 1.94. The fourth-order valence-corrected chi connectivity index (χ4v) is 1.73. The highest BCUT2D eigenvalue weighted by Gasteiger charge is 2.40. The van der Waals surface area contributed by atoms with Gasteiger partial charge in [-0.15, -0.1) is 0 Å². The number of nitriles is 1. The van der Waals surface area contributed by atoms with Gasteiger partial charge in [0.1, 0.15) is 6.07 Å². The maximum atomic E-state index is 12.1. The van der Waals surface area contributed by atoms with Gasteiger partial charge >= 0.3 is 0 Å². The van der Waals surface area contributed by atoms with E-state index in [9.17, 15) is 4.79 Å². The van der Waals surface area contributed by atoms with Gasteiger partial charge in [-0.1, -0.05) is 27.2 Å². The van der Waals surface area contributed by atoms with Crippen molar-refractivity contribution in [1.82, 2.24) is 0 Å². The quantitative estimate of drug-likeness (QED) is 0.711. The van der Waals surface area contributed by atoms with Crippen LogP contribution in [0, 0.1) is 17.2 Å². The molecule has 1 atom stereocenters. The molecule has 0 aromatic carbocycles. The summed E-state index contributed by atoms with van der Waals surface area (Å²) in [5.41, 5.74) is -0.750. The molecule has 0 bridgehead atoms. The summed E-state index contributed by atoms with van der Waals surface area (Å²) in [5.74, 6) is -0.113. The molecule has 0 saturated carbocycles. The Morgan fingerprint density at radius 2 is 2.31 bits per heavy atom. The lowest BCUT2D eigenvalue weighted by Crippen LogP contribution is -2.36. The lowest BCUT2D eigenvalue weighted by Gasteiger charge is -2.23. The van der Waals surface area contributed by atoms with Crippen LogP contribution in [0.15, 0.2) is 9.98 Å². The van der Waals surface area contributed by atoms with Crippen LogP contribution in [0.1, 0.15) is 40.0 Å². The van der Waals surface area contributed by atoms with Gasteiger partial charge in [0.25, 0.3) is 0 Å². The Hall–Kier alpha value is -1.50. The average Bonchev–Trinajstić information content (AvgIpc) is 2.70. The molecule has 1 aliphatic rings. The number of nitrogens with zero attached hydrogens (tertiary/aromatic N) is 3. The predicted octanol–water partition coefficient (Wildman–Crippen LogP) is 2.15. The molecule has 1 rings (SSSR count). The zero-order valence-electron chi connectivity index (χ0n) is 10.0. The van der Waals surface area contributed by atoms with Crippen LogP contribution in [0.2, 0.25) is 0 Å². The summed E-state index contributed by atoms with van der Waals surface area (Å²) < 4.78 is 0. The zero-order chi connectivity index (χ0) is 12.2. The first-order valence-electron chi connectivity index (χ1n) is 5.65. The van der Waals surface area contributed by atoms with Crippen molar-refractivity contribution in [3.8, 4) is 6.07 Å². The molecule has 0 spiro atoms. The standard InChI is InChI=1S/C12H17N3O/c1-4-5-6-12(11(16)9(2)3)14-8-10(7-13)15-12/h8-9H,4-6H2,1-3H3. The number of hydrogen-bond acceptors (Lipinski definition) is 4.